The van der Waals surface area contributed by atoms with Gasteiger partial charge >= 0.3 is 0 Å². The number of nitrogens with one attached hydrogen (secondary N) is 1. The molecule has 110 valence electrons. The Balaban J connectivity index is 1.74. The van der Waals surface area contributed by atoms with Gasteiger partial charge in [0.1, 0.15) is 0 Å². The van der Waals surface area contributed by atoms with Crippen molar-refractivity contribution in [3.63, 3.8) is 0 Å². The van der Waals surface area contributed by atoms with Crippen molar-refractivity contribution in [2.75, 3.05) is 30.8 Å². The summed E-state index contributed by atoms with van der Waals surface area (Å²) in [5, 5.41) is 2.93. The minimum atomic E-state index is 0.0158. The molecule has 0 bridgehead atoms. The molecule has 0 aliphatic rings. The summed E-state index contributed by atoms with van der Waals surface area (Å²) in [7, 11) is 2.01. The minimum Gasteiger partial charge on any atom is -0.399 e. The molecular formula is C17H21N3O. The summed E-state index contributed by atoms with van der Waals surface area (Å²) in [6.07, 6.45) is 0.361. The van der Waals surface area contributed by atoms with E-state index in [1.165, 1.54) is 0 Å². The van der Waals surface area contributed by atoms with Crippen molar-refractivity contribution in [1.82, 2.24) is 5.32 Å². The van der Waals surface area contributed by atoms with Crippen molar-refractivity contribution in [3.05, 3.63) is 60.2 Å². The maximum absolute atomic E-state index is 11.9. The first-order valence-electron chi connectivity index (χ1n) is 7.02. The SMILES string of the molecule is CN(CCNC(=O)Cc1cccc(N)c1)c1ccccc1. The Morgan fingerprint density at radius 2 is 1.90 bits per heavy atom. The van der Waals surface area contributed by atoms with Crippen LogP contribution in [0.3, 0.4) is 0 Å². The maximum Gasteiger partial charge on any atom is 0.224 e. The van der Waals surface area contributed by atoms with Crippen LogP contribution in [0.2, 0.25) is 0 Å². The Labute approximate surface area is 125 Å². The van der Waals surface area contributed by atoms with E-state index in [1.54, 1.807) is 0 Å². The smallest absolute Gasteiger partial charge is 0.224 e. The molecule has 0 saturated carbocycles. The van der Waals surface area contributed by atoms with Crippen LogP contribution in [0.25, 0.3) is 0 Å². The zero-order valence-corrected chi connectivity index (χ0v) is 12.3. The fraction of sp³-hybridized carbons (Fsp3) is 0.235. The standard InChI is InChI=1S/C17H21N3O/c1-20(16-8-3-2-4-9-16)11-10-19-17(21)13-14-6-5-7-15(18)12-14/h2-9,12H,10-11,13,18H2,1H3,(H,19,21). The molecule has 0 radical (unpaired) electrons. The predicted octanol–water partition coefficient (Wildman–Crippen LogP) is 2.06. The van der Waals surface area contributed by atoms with Crippen LogP contribution in [0.15, 0.2) is 54.6 Å². The van der Waals surface area contributed by atoms with Gasteiger partial charge in [0.05, 0.1) is 6.42 Å². The lowest BCUT2D eigenvalue weighted by Gasteiger charge is -2.19. The Morgan fingerprint density at radius 1 is 1.14 bits per heavy atom. The Morgan fingerprint density at radius 3 is 2.62 bits per heavy atom. The lowest BCUT2D eigenvalue weighted by Crippen LogP contribution is -2.33. The molecule has 0 aromatic heterocycles. The number of carbonyl (C=O) groups is 1. The summed E-state index contributed by atoms with van der Waals surface area (Å²) >= 11 is 0. The lowest BCUT2D eigenvalue weighted by molar-refractivity contribution is -0.120. The molecule has 21 heavy (non-hydrogen) atoms. The van der Waals surface area contributed by atoms with Crippen LogP contribution in [0.5, 0.6) is 0 Å². The highest BCUT2D eigenvalue weighted by Gasteiger charge is 2.04. The Kier molecular flexibility index (Phi) is 5.21. The van der Waals surface area contributed by atoms with Crippen molar-refractivity contribution in [3.8, 4) is 0 Å². The van der Waals surface area contributed by atoms with E-state index in [4.69, 9.17) is 5.73 Å². The number of anilines is 2. The highest BCUT2D eigenvalue weighted by molar-refractivity contribution is 5.78. The van der Waals surface area contributed by atoms with Gasteiger partial charge in [-0.3, -0.25) is 4.79 Å². The summed E-state index contributed by atoms with van der Waals surface area (Å²) in [6.45, 7) is 1.39. The highest BCUT2D eigenvalue weighted by Crippen LogP contribution is 2.10. The topological polar surface area (TPSA) is 58.4 Å². The van der Waals surface area contributed by atoms with Gasteiger partial charge in [0.15, 0.2) is 0 Å². The number of benzene rings is 2. The summed E-state index contributed by atoms with van der Waals surface area (Å²) < 4.78 is 0. The molecule has 0 aliphatic heterocycles. The largest absolute Gasteiger partial charge is 0.399 e. The first-order valence-corrected chi connectivity index (χ1v) is 7.02. The van der Waals surface area contributed by atoms with Gasteiger partial charge in [-0.1, -0.05) is 30.3 Å². The molecular weight excluding hydrogens is 262 g/mol. The molecule has 4 nitrogen and oxygen atoms in total. The molecule has 4 heteroatoms. The predicted molar refractivity (Wildman–Crippen MR) is 87.3 cm³/mol. The second-order valence-corrected chi connectivity index (χ2v) is 5.03. The second-order valence-electron chi connectivity index (χ2n) is 5.03. The first-order chi connectivity index (χ1) is 10.1. The second kappa shape index (κ2) is 7.33. The molecule has 0 unspecified atom stereocenters. The van der Waals surface area contributed by atoms with Crippen molar-refractivity contribution in [2.24, 2.45) is 0 Å². The average molecular weight is 283 g/mol. The maximum atomic E-state index is 11.9. The number of nitrogens with zero attached hydrogens (tertiary/aromatic N) is 1. The van der Waals surface area contributed by atoms with E-state index in [0.717, 1.165) is 17.8 Å². The van der Waals surface area contributed by atoms with Crippen LogP contribution in [-0.2, 0) is 11.2 Å². The third kappa shape index (κ3) is 4.84. The van der Waals surface area contributed by atoms with E-state index >= 15 is 0 Å². The van der Waals surface area contributed by atoms with Crippen molar-refractivity contribution < 1.29 is 4.79 Å². The first kappa shape index (κ1) is 14.9. The molecule has 0 heterocycles. The van der Waals surface area contributed by atoms with E-state index in [0.29, 0.717) is 18.7 Å². The minimum absolute atomic E-state index is 0.0158. The molecule has 2 rings (SSSR count). The number of para-hydroxylation sites is 1. The van der Waals surface area contributed by atoms with Crippen molar-refractivity contribution in [1.29, 1.82) is 0 Å². The fourth-order valence-electron chi connectivity index (χ4n) is 2.13. The van der Waals surface area contributed by atoms with Crippen molar-refractivity contribution >= 4 is 17.3 Å². The third-order valence-electron chi connectivity index (χ3n) is 3.28. The van der Waals surface area contributed by atoms with Gasteiger partial charge < -0.3 is 16.0 Å². The van der Waals surface area contributed by atoms with Gasteiger partial charge in [-0.15, -0.1) is 0 Å². The summed E-state index contributed by atoms with van der Waals surface area (Å²) in [4.78, 5) is 14.0. The number of rotatable bonds is 6. The van der Waals surface area contributed by atoms with Crippen LogP contribution in [0, 0.1) is 0 Å². The molecule has 0 spiro atoms. The third-order valence-corrected chi connectivity index (χ3v) is 3.28. The van der Waals surface area contributed by atoms with Gasteiger partial charge in [-0.25, -0.2) is 0 Å². The van der Waals surface area contributed by atoms with Crippen LogP contribution in [-0.4, -0.2) is 26.0 Å². The van der Waals surface area contributed by atoms with E-state index in [9.17, 15) is 4.79 Å². The molecule has 0 atom stereocenters. The van der Waals surface area contributed by atoms with Gasteiger partial charge in [-0.2, -0.15) is 0 Å². The average Bonchev–Trinajstić information content (AvgIpc) is 2.48. The van der Waals surface area contributed by atoms with Crippen molar-refractivity contribution in [2.45, 2.75) is 6.42 Å². The molecule has 0 saturated heterocycles. The molecule has 2 aromatic rings. The van der Waals surface area contributed by atoms with Crippen LogP contribution >= 0.6 is 0 Å². The monoisotopic (exact) mass is 283 g/mol. The normalized spacial score (nSPS) is 10.1. The summed E-state index contributed by atoms with van der Waals surface area (Å²) in [5.41, 5.74) is 8.46. The molecule has 0 aliphatic carbocycles. The Hall–Kier alpha value is -2.49. The number of nitrogen functional groups attached to an aromatic ring is 1. The Bertz CT molecular complexity index is 584. The number of amides is 1. The lowest BCUT2D eigenvalue weighted by atomic mass is 10.1. The zero-order valence-electron chi connectivity index (χ0n) is 12.3. The number of carbonyl (C=O) groups excluding carboxylic acids is 1. The summed E-state index contributed by atoms with van der Waals surface area (Å²) in [5.74, 6) is 0.0158. The van der Waals surface area contributed by atoms with Crippen LogP contribution in [0.4, 0.5) is 11.4 Å². The number of hydrogen-bond acceptors (Lipinski definition) is 3. The van der Waals surface area contributed by atoms with E-state index < -0.39 is 0 Å². The highest BCUT2D eigenvalue weighted by atomic mass is 16.1. The van der Waals surface area contributed by atoms with Crippen LogP contribution in [0.1, 0.15) is 5.56 Å². The van der Waals surface area contributed by atoms with Gasteiger partial charge in [-0.05, 0) is 29.8 Å². The quantitative estimate of drug-likeness (QED) is 0.798. The number of nitrogens with two attached hydrogens (primary N) is 1. The summed E-state index contributed by atoms with van der Waals surface area (Å²) in [6, 6.07) is 17.5. The van der Waals surface area contributed by atoms with E-state index in [1.807, 2.05) is 49.5 Å². The van der Waals surface area contributed by atoms with Gasteiger partial charge in [0.25, 0.3) is 0 Å². The molecule has 3 N–H and O–H groups in total. The fourth-order valence-corrected chi connectivity index (χ4v) is 2.13. The zero-order chi connectivity index (χ0) is 15.1. The van der Waals surface area contributed by atoms with Gasteiger partial charge in [0.2, 0.25) is 5.91 Å². The van der Waals surface area contributed by atoms with Gasteiger partial charge in [0, 0.05) is 31.5 Å². The van der Waals surface area contributed by atoms with E-state index in [2.05, 4.69) is 22.3 Å². The number of likely N-dealkylation sites (N-methyl/N-ethyl adjacent to an activating group) is 1. The number of hydrogen-bond donors (Lipinski definition) is 2. The molecule has 2 aromatic carbocycles. The van der Waals surface area contributed by atoms with E-state index in [-0.39, 0.29) is 5.91 Å². The van der Waals surface area contributed by atoms with Crippen LogP contribution < -0.4 is 16.0 Å². The molecule has 0 fully saturated rings. The molecule has 1 amide bonds.